The van der Waals surface area contributed by atoms with E-state index in [1.165, 1.54) is 0 Å². The highest BCUT2D eigenvalue weighted by atomic mass is 16.3. The van der Waals surface area contributed by atoms with Crippen molar-refractivity contribution in [2.24, 2.45) is 0 Å². The number of fused-ring (bicyclic) bond motifs is 1. The third-order valence-electron chi connectivity index (χ3n) is 2.45. The van der Waals surface area contributed by atoms with Gasteiger partial charge in [-0.15, -0.1) is 0 Å². The maximum Gasteiger partial charge on any atom is 0.143 e. The molecule has 2 rings (SSSR count). The number of hydrogen-bond acceptors (Lipinski definition) is 2. The summed E-state index contributed by atoms with van der Waals surface area (Å²) in [5, 5.41) is 15.0. The average Bonchev–Trinajstić information content (AvgIpc) is 2.46. The molecule has 1 aromatic heterocycles. The van der Waals surface area contributed by atoms with E-state index in [-0.39, 0.29) is 5.75 Å². The second-order valence-corrected chi connectivity index (χ2v) is 3.80. The van der Waals surface area contributed by atoms with E-state index in [1.807, 2.05) is 23.7 Å². The van der Waals surface area contributed by atoms with Crippen molar-refractivity contribution in [3.05, 3.63) is 23.9 Å². The monoisotopic (exact) mass is 190 g/mol. The smallest absolute Gasteiger partial charge is 0.143 e. The highest BCUT2D eigenvalue weighted by Crippen LogP contribution is 2.27. The van der Waals surface area contributed by atoms with Crippen LogP contribution in [0.5, 0.6) is 5.75 Å². The van der Waals surface area contributed by atoms with Crippen LogP contribution in [-0.4, -0.2) is 14.9 Å². The van der Waals surface area contributed by atoms with Crippen LogP contribution in [0, 0.1) is 6.92 Å². The first-order chi connectivity index (χ1) is 6.61. The molecule has 0 atom stereocenters. The molecule has 2 aromatic rings. The highest BCUT2D eigenvalue weighted by Gasteiger charge is 2.11. The summed E-state index contributed by atoms with van der Waals surface area (Å²) in [5.41, 5.74) is 1.80. The average molecular weight is 190 g/mol. The third-order valence-corrected chi connectivity index (χ3v) is 2.45. The second kappa shape index (κ2) is 3.01. The molecule has 0 amide bonds. The van der Waals surface area contributed by atoms with Gasteiger partial charge in [0.1, 0.15) is 11.3 Å². The summed E-state index contributed by atoms with van der Waals surface area (Å²) in [7, 11) is 0. The quantitative estimate of drug-likeness (QED) is 0.750. The topological polar surface area (TPSA) is 38.1 Å². The number of aryl methyl sites for hydroxylation is 1. The van der Waals surface area contributed by atoms with Crippen LogP contribution in [-0.2, 0) is 0 Å². The van der Waals surface area contributed by atoms with E-state index in [1.54, 1.807) is 6.07 Å². The van der Waals surface area contributed by atoms with Crippen LogP contribution in [0.4, 0.5) is 0 Å². The van der Waals surface area contributed by atoms with Crippen LogP contribution in [0.25, 0.3) is 10.9 Å². The predicted octanol–water partition coefficient (Wildman–Crippen LogP) is 2.63. The lowest BCUT2D eigenvalue weighted by atomic mass is 10.2. The molecule has 3 heteroatoms. The Morgan fingerprint density at radius 2 is 2.07 bits per heavy atom. The van der Waals surface area contributed by atoms with Crippen molar-refractivity contribution >= 4 is 10.9 Å². The summed E-state index contributed by atoms with van der Waals surface area (Å²) in [6, 6.07) is 5.81. The van der Waals surface area contributed by atoms with Gasteiger partial charge in [-0.05, 0) is 26.8 Å². The molecule has 0 saturated carbocycles. The number of phenols is 1. The predicted molar refractivity (Wildman–Crippen MR) is 56.5 cm³/mol. The van der Waals surface area contributed by atoms with Crippen molar-refractivity contribution in [3.8, 4) is 5.75 Å². The zero-order valence-corrected chi connectivity index (χ0v) is 8.65. The van der Waals surface area contributed by atoms with Gasteiger partial charge in [0.2, 0.25) is 0 Å². The Kier molecular flexibility index (Phi) is 1.95. The number of hydrogen-bond donors (Lipinski definition) is 1. The van der Waals surface area contributed by atoms with Crippen molar-refractivity contribution in [1.29, 1.82) is 0 Å². The van der Waals surface area contributed by atoms with E-state index in [4.69, 9.17) is 0 Å². The van der Waals surface area contributed by atoms with E-state index >= 15 is 0 Å². The van der Waals surface area contributed by atoms with Gasteiger partial charge in [0.25, 0.3) is 0 Å². The van der Waals surface area contributed by atoms with Crippen LogP contribution in [0.1, 0.15) is 25.6 Å². The fourth-order valence-electron chi connectivity index (χ4n) is 1.74. The fourth-order valence-corrected chi connectivity index (χ4v) is 1.74. The first-order valence-electron chi connectivity index (χ1n) is 4.78. The molecule has 0 spiro atoms. The largest absolute Gasteiger partial charge is 0.506 e. The van der Waals surface area contributed by atoms with Gasteiger partial charge in [-0.3, -0.25) is 4.68 Å². The first kappa shape index (κ1) is 9.06. The summed E-state index contributed by atoms with van der Waals surface area (Å²) >= 11 is 0. The van der Waals surface area contributed by atoms with E-state index in [2.05, 4.69) is 18.9 Å². The van der Waals surface area contributed by atoms with Gasteiger partial charge in [-0.2, -0.15) is 5.10 Å². The SMILES string of the molecule is Cc1c2cccc(O)c2nn1C(C)C. The van der Waals surface area contributed by atoms with E-state index in [9.17, 15) is 5.11 Å². The van der Waals surface area contributed by atoms with Crippen LogP contribution in [0.2, 0.25) is 0 Å². The molecule has 0 bridgehead atoms. The Morgan fingerprint density at radius 3 is 2.64 bits per heavy atom. The van der Waals surface area contributed by atoms with Gasteiger partial charge in [0.15, 0.2) is 0 Å². The van der Waals surface area contributed by atoms with Crippen molar-refractivity contribution in [1.82, 2.24) is 9.78 Å². The molecule has 0 aliphatic rings. The Hall–Kier alpha value is -1.51. The number of phenolic OH excluding ortho intramolecular Hbond substituents is 1. The standard InChI is InChI=1S/C11H14N2O/c1-7(2)13-8(3)9-5-4-6-10(14)11(9)12-13/h4-7,14H,1-3H3. The molecule has 1 heterocycles. The first-order valence-corrected chi connectivity index (χ1v) is 4.78. The van der Waals surface area contributed by atoms with Crippen molar-refractivity contribution in [2.45, 2.75) is 26.8 Å². The zero-order valence-electron chi connectivity index (χ0n) is 8.65. The minimum absolute atomic E-state index is 0.255. The molecule has 0 radical (unpaired) electrons. The summed E-state index contributed by atoms with van der Waals surface area (Å²) in [6.45, 7) is 6.18. The van der Waals surface area contributed by atoms with Crippen molar-refractivity contribution in [3.63, 3.8) is 0 Å². The zero-order chi connectivity index (χ0) is 10.3. The molecule has 0 fully saturated rings. The van der Waals surface area contributed by atoms with Crippen LogP contribution < -0.4 is 0 Å². The molecular weight excluding hydrogens is 176 g/mol. The number of benzene rings is 1. The maximum absolute atomic E-state index is 9.61. The van der Waals surface area contributed by atoms with Gasteiger partial charge in [-0.25, -0.2) is 0 Å². The number of rotatable bonds is 1. The Morgan fingerprint density at radius 1 is 1.36 bits per heavy atom. The molecule has 3 nitrogen and oxygen atoms in total. The van der Waals surface area contributed by atoms with E-state index < -0.39 is 0 Å². The normalized spacial score (nSPS) is 11.4. The number of aromatic nitrogens is 2. The lowest BCUT2D eigenvalue weighted by Gasteiger charge is -2.06. The summed E-state index contributed by atoms with van der Waals surface area (Å²) in [5.74, 6) is 0.255. The third kappa shape index (κ3) is 1.16. The van der Waals surface area contributed by atoms with Crippen molar-refractivity contribution < 1.29 is 5.11 Å². The Balaban J connectivity index is 2.80. The summed E-state index contributed by atoms with van der Waals surface area (Å²) in [6.07, 6.45) is 0. The molecule has 74 valence electrons. The molecule has 0 aliphatic heterocycles. The van der Waals surface area contributed by atoms with Gasteiger partial charge >= 0.3 is 0 Å². The lowest BCUT2D eigenvalue weighted by Crippen LogP contribution is -2.04. The molecule has 1 N–H and O–H groups in total. The summed E-state index contributed by atoms with van der Waals surface area (Å²) in [4.78, 5) is 0. The van der Waals surface area contributed by atoms with Gasteiger partial charge < -0.3 is 5.11 Å². The molecular formula is C11H14N2O. The fraction of sp³-hybridized carbons (Fsp3) is 0.364. The highest BCUT2D eigenvalue weighted by molar-refractivity contribution is 5.86. The van der Waals surface area contributed by atoms with Gasteiger partial charge in [0, 0.05) is 17.1 Å². The number of aromatic hydroxyl groups is 1. The Bertz CT molecular complexity index is 471. The molecule has 1 aromatic carbocycles. The van der Waals surface area contributed by atoms with E-state index in [0.29, 0.717) is 11.6 Å². The molecule has 0 aliphatic carbocycles. The van der Waals surface area contributed by atoms with Gasteiger partial charge in [0.05, 0.1) is 0 Å². The van der Waals surface area contributed by atoms with Crippen LogP contribution in [0.15, 0.2) is 18.2 Å². The molecule has 14 heavy (non-hydrogen) atoms. The van der Waals surface area contributed by atoms with Crippen molar-refractivity contribution in [2.75, 3.05) is 0 Å². The second-order valence-electron chi connectivity index (χ2n) is 3.80. The van der Waals surface area contributed by atoms with Crippen LogP contribution in [0.3, 0.4) is 0 Å². The minimum Gasteiger partial charge on any atom is -0.506 e. The molecule has 0 saturated heterocycles. The van der Waals surface area contributed by atoms with Crippen LogP contribution >= 0.6 is 0 Å². The number of nitrogens with zero attached hydrogens (tertiary/aromatic N) is 2. The lowest BCUT2D eigenvalue weighted by molar-refractivity contribution is 0.476. The summed E-state index contributed by atoms with van der Waals surface area (Å²) < 4.78 is 1.93. The van der Waals surface area contributed by atoms with E-state index in [0.717, 1.165) is 11.1 Å². The maximum atomic E-state index is 9.61. The molecule has 0 unspecified atom stereocenters. The van der Waals surface area contributed by atoms with Gasteiger partial charge in [-0.1, -0.05) is 12.1 Å². The Labute approximate surface area is 83.0 Å². The minimum atomic E-state index is 0.255.